The molecule has 11 heteroatoms. The van der Waals surface area contributed by atoms with Crippen LogP contribution in [0.4, 0.5) is 0 Å². The van der Waals surface area contributed by atoms with E-state index < -0.39 is 47.5 Å². The van der Waals surface area contributed by atoms with E-state index in [-0.39, 0.29) is 35.4 Å². The van der Waals surface area contributed by atoms with Crippen LogP contribution in [-0.2, 0) is 46.3 Å². The van der Waals surface area contributed by atoms with Crippen LogP contribution >= 0.6 is 0 Å². The molecule has 0 bridgehead atoms. The smallest absolute Gasteiger partial charge is 0.243 e. The van der Waals surface area contributed by atoms with E-state index >= 15 is 0 Å². The summed E-state index contributed by atoms with van der Waals surface area (Å²) in [7, 11) is 0. The highest BCUT2D eigenvalue weighted by Gasteiger charge is 2.50. The van der Waals surface area contributed by atoms with Gasteiger partial charge in [-0.2, -0.15) is 0 Å². The first-order valence-electron chi connectivity index (χ1n) is 19.8. The maximum atomic E-state index is 14.2. The van der Waals surface area contributed by atoms with Crippen LogP contribution in [0.5, 0.6) is 0 Å². The van der Waals surface area contributed by atoms with Crippen molar-refractivity contribution in [3.63, 3.8) is 0 Å². The third-order valence-corrected chi connectivity index (χ3v) is 10.7. The summed E-state index contributed by atoms with van der Waals surface area (Å²) in [5.41, 5.74) is 0.747. The maximum Gasteiger partial charge on any atom is 0.243 e. The van der Waals surface area contributed by atoms with Gasteiger partial charge in [0.2, 0.25) is 23.6 Å². The fraction of sp³-hybridized carbons (Fsp3) is 0.605. The van der Waals surface area contributed by atoms with E-state index in [4.69, 9.17) is 9.47 Å². The highest BCUT2D eigenvalue weighted by atomic mass is 16.6. The Bertz CT molecular complexity index is 1540. The second-order valence-corrected chi connectivity index (χ2v) is 16.3. The van der Waals surface area contributed by atoms with Crippen LogP contribution in [0.3, 0.4) is 0 Å². The second kappa shape index (κ2) is 20.0. The van der Waals surface area contributed by atoms with Gasteiger partial charge in [0, 0.05) is 26.1 Å². The van der Waals surface area contributed by atoms with Crippen LogP contribution in [0.15, 0.2) is 60.7 Å². The third-order valence-electron chi connectivity index (χ3n) is 10.7. The monoisotopic (exact) mass is 746 g/mol. The predicted octanol–water partition coefficient (Wildman–Crippen LogP) is 4.85. The highest BCUT2D eigenvalue weighted by molar-refractivity contribution is 5.98. The number of epoxide rings is 1. The van der Waals surface area contributed by atoms with Gasteiger partial charge in [-0.15, -0.1) is 0 Å². The molecule has 2 aliphatic heterocycles. The lowest BCUT2D eigenvalue weighted by Crippen LogP contribution is -2.59. The van der Waals surface area contributed by atoms with Gasteiger partial charge in [-0.25, -0.2) is 0 Å². The topological polar surface area (TPSA) is 155 Å². The van der Waals surface area contributed by atoms with Crippen LogP contribution in [0, 0.1) is 17.3 Å². The van der Waals surface area contributed by atoms with Crippen LogP contribution < -0.4 is 21.3 Å². The standard InChI is InChI=1S/C43H62N4O7/c1-7-43(20-22-53-23-21-43)27-37(48)44-33(19-18-31-14-10-8-11-15-31)39(50)46-35(25-30(4)5)40(51)47-36(26-32-16-12-9-13-17-32)41(52)45-34(24-29(2)3)38(49)42(6)28-54-42/h8-17,29-30,33-36H,7,18-28H2,1-6H3,(H,44,48)(H,45,52)(H,46,50)(H,47,51)/t33-,34-,35-,36?,42?/m0/s1. The average molecular weight is 747 g/mol. The molecule has 2 fully saturated rings. The fourth-order valence-electron chi connectivity index (χ4n) is 7.17. The number of carbonyl (C=O) groups is 5. The second-order valence-electron chi connectivity index (χ2n) is 16.3. The van der Waals surface area contributed by atoms with E-state index in [1.165, 1.54) is 0 Å². The molecular formula is C43H62N4O7. The van der Waals surface area contributed by atoms with E-state index in [0.717, 1.165) is 30.4 Å². The molecule has 0 spiro atoms. The molecule has 11 nitrogen and oxygen atoms in total. The zero-order chi connectivity index (χ0) is 39.3. The SMILES string of the molecule is CCC1(CC(=O)N[C@@H](CCc2ccccc2)C(=O)N[C@@H](CC(C)C)C(=O)NC(Cc2ccccc2)C(=O)N[C@@H](CC(C)C)C(=O)C2(C)CO2)CCOCC1. The number of Topliss-reactive ketones (excluding diaryl/α,β-unsaturated/α-hetero) is 1. The van der Waals surface area contributed by atoms with Crippen molar-refractivity contribution >= 4 is 29.4 Å². The van der Waals surface area contributed by atoms with Crippen molar-refractivity contribution in [3.8, 4) is 0 Å². The molecule has 4 amide bonds. The lowest BCUT2D eigenvalue weighted by Gasteiger charge is -2.36. The summed E-state index contributed by atoms with van der Waals surface area (Å²) >= 11 is 0. The predicted molar refractivity (Wildman–Crippen MR) is 208 cm³/mol. The lowest BCUT2D eigenvalue weighted by atomic mass is 9.75. The van der Waals surface area contributed by atoms with Gasteiger partial charge >= 0.3 is 0 Å². The van der Waals surface area contributed by atoms with E-state index in [1.54, 1.807) is 6.92 Å². The van der Waals surface area contributed by atoms with E-state index in [0.29, 0.717) is 51.9 Å². The molecular weight excluding hydrogens is 684 g/mol. The summed E-state index contributed by atoms with van der Waals surface area (Å²) in [6, 6.07) is 15.4. The Morgan fingerprint density at radius 3 is 1.74 bits per heavy atom. The number of ether oxygens (including phenoxy) is 2. The van der Waals surface area contributed by atoms with Gasteiger partial charge in [-0.3, -0.25) is 24.0 Å². The number of amides is 4. The zero-order valence-corrected chi connectivity index (χ0v) is 33.1. The van der Waals surface area contributed by atoms with Gasteiger partial charge < -0.3 is 30.7 Å². The first-order chi connectivity index (χ1) is 25.7. The number of aryl methyl sites for hydroxylation is 1. The summed E-state index contributed by atoms with van der Waals surface area (Å²) < 4.78 is 11.0. The van der Waals surface area contributed by atoms with Crippen LogP contribution in [0.25, 0.3) is 0 Å². The first kappa shape index (κ1) is 42.6. The normalized spacial score (nSPS) is 19.9. The van der Waals surface area contributed by atoms with E-state index in [1.807, 2.05) is 88.4 Å². The van der Waals surface area contributed by atoms with Crippen molar-refractivity contribution in [2.75, 3.05) is 19.8 Å². The van der Waals surface area contributed by atoms with Gasteiger partial charge in [0.05, 0.1) is 12.6 Å². The molecule has 4 rings (SSSR count). The molecule has 2 heterocycles. The number of benzene rings is 2. The molecule has 296 valence electrons. The Labute approximate surface area is 321 Å². The lowest BCUT2D eigenvalue weighted by molar-refractivity contribution is -0.135. The molecule has 0 aromatic heterocycles. The van der Waals surface area contributed by atoms with Crippen LogP contribution in [-0.4, -0.2) is 79.0 Å². The van der Waals surface area contributed by atoms with Crippen molar-refractivity contribution in [2.45, 2.75) is 129 Å². The molecule has 2 aromatic rings. The molecule has 5 atom stereocenters. The Morgan fingerprint density at radius 1 is 0.685 bits per heavy atom. The molecule has 2 saturated heterocycles. The summed E-state index contributed by atoms with van der Waals surface area (Å²) in [5.74, 6) is -1.72. The summed E-state index contributed by atoms with van der Waals surface area (Å²) in [4.78, 5) is 69.2. The number of ketones is 1. The van der Waals surface area contributed by atoms with Gasteiger partial charge in [-0.1, -0.05) is 95.3 Å². The van der Waals surface area contributed by atoms with E-state index in [2.05, 4.69) is 28.2 Å². The minimum Gasteiger partial charge on any atom is -0.381 e. The number of nitrogens with one attached hydrogen (secondary N) is 4. The largest absolute Gasteiger partial charge is 0.381 e. The minimum absolute atomic E-state index is 0.0186. The van der Waals surface area contributed by atoms with Crippen LogP contribution in [0.1, 0.15) is 97.6 Å². The first-order valence-corrected chi connectivity index (χ1v) is 19.8. The van der Waals surface area contributed by atoms with Crippen molar-refractivity contribution < 1.29 is 33.4 Å². The quantitative estimate of drug-likeness (QED) is 0.133. The number of hydrogen-bond acceptors (Lipinski definition) is 7. The van der Waals surface area contributed by atoms with Gasteiger partial charge in [-0.05, 0) is 80.2 Å². The summed E-state index contributed by atoms with van der Waals surface area (Å²) in [5, 5.41) is 11.8. The fourth-order valence-corrected chi connectivity index (χ4v) is 7.17. The zero-order valence-electron chi connectivity index (χ0n) is 33.1. The summed E-state index contributed by atoms with van der Waals surface area (Å²) in [6.45, 7) is 13.2. The van der Waals surface area contributed by atoms with Crippen molar-refractivity contribution in [1.82, 2.24) is 21.3 Å². The van der Waals surface area contributed by atoms with Crippen LogP contribution in [0.2, 0.25) is 0 Å². The number of carbonyl (C=O) groups excluding carboxylic acids is 5. The minimum atomic E-state index is -1.03. The maximum absolute atomic E-state index is 14.2. The van der Waals surface area contributed by atoms with Crippen molar-refractivity contribution in [3.05, 3.63) is 71.8 Å². The molecule has 0 saturated carbocycles. The average Bonchev–Trinajstić information content (AvgIpc) is 3.90. The third kappa shape index (κ3) is 13.0. The van der Waals surface area contributed by atoms with Gasteiger partial charge in [0.15, 0.2) is 5.78 Å². The number of hydrogen-bond donors (Lipinski definition) is 4. The number of rotatable bonds is 21. The summed E-state index contributed by atoms with van der Waals surface area (Å²) in [6.07, 6.45) is 4.48. The van der Waals surface area contributed by atoms with Crippen molar-refractivity contribution in [1.29, 1.82) is 0 Å². The molecule has 0 aliphatic carbocycles. The molecule has 2 aromatic carbocycles. The Morgan fingerprint density at radius 2 is 1.19 bits per heavy atom. The molecule has 54 heavy (non-hydrogen) atoms. The molecule has 2 aliphatic rings. The van der Waals surface area contributed by atoms with Gasteiger partial charge in [0.1, 0.15) is 23.7 Å². The van der Waals surface area contributed by atoms with Gasteiger partial charge in [0.25, 0.3) is 0 Å². The van der Waals surface area contributed by atoms with Crippen molar-refractivity contribution in [2.24, 2.45) is 17.3 Å². The van der Waals surface area contributed by atoms with E-state index in [9.17, 15) is 24.0 Å². The molecule has 0 radical (unpaired) electrons. The Kier molecular flexibility index (Phi) is 15.8. The Balaban J connectivity index is 1.53. The molecule has 4 N–H and O–H groups in total. The Hall–Kier alpha value is -4.09. The highest BCUT2D eigenvalue weighted by Crippen LogP contribution is 2.37. The molecule has 2 unspecified atom stereocenters.